The first-order valence-electron chi connectivity index (χ1n) is 19.0. The van der Waals surface area contributed by atoms with Gasteiger partial charge in [-0.25, -0.2) is 14.6 Å². The molecule has 5 atom stereocenters. The van der Waals surface area contributed by atoms with Gasteiger partial charge in [-0.1, -0.05) is 52.0 Å². The second kappa shape index (κ2) is 15.6. The first-order valence-corrected chi connectivity index (χ1v) is 19.0. The third-order valence-corrected chi connectivity index (χ3v) is 11.0. The number of nitrogens with zero attached hydrogens (tertiary/aromatic N) is 5. The van der Waals surface area contributed by atoms with Gasteiger partial charge in [0.15, 0.2) is 6.17 Å². The topological polar surface area (TPSA) is 186 Å². The van der Waals surface area contributed by atoms with Gasteiger partial charge in [0.25, 0.3) is 0 Å². The third kappa shape index (κ3) is 7.39. The molecule has 5 heterocycles. The van der Waals surface area contributed by atoms with Gasteiger partial charge in [0, 0.05) is 52.2 Å². The molecule has 0 spiro atoms. The van der Waals surface area contributed by atoms with Gasteiger partial charge in [0.2, 0.25) is 11.8 Å². The van der Waals surface area contributed by atoms with Crippen LogP contribution in [0.1, 0.15) is 70.8 Å². The lowest BCUT2D eigenvalue weighted by Gasteiger charge is -2.31. The molecule has 2 aromatic heterocycles. The second-order valence-electron chi connectivity index (χ2n) is 15.2. The van der Waals surface area contributed by atoms with Gasteiger partial charge in [0.05, 0.1) is 43.9 Å². The van der Waals surface area contributed by atoms with E-state index in [2.05, 4.69) is 50.9 Å². The molecule has 0 bridgehead atoms. The van der Waals surface area contributed by atoms with Gasteiger partial charge in [-0.3, -0.25) is 19.6 Å². The molecule has 4 amide bonds. The summed E-state index contributed by atoms with van der Waals surface area (Å²) in [7, 11) is 2.58. The number of fused-ring (bicyclic) bond motifs is 3. The van der Waals surface area contributed by atoms with Gasteiger partial charge in [-0.2, -0.15) is 0 Å². The Kier molecular flexibility index (Phi) is 10.6. The highest BCUT2D eigenvalue weighted by Gasteiger charge is 2.40. The third-order valence-electron chi connectivity index (χ3n) is 11.0. The number of hydrogen-bond acceptors (Lipinski definition) is 9. The number of carbonyl (C=O) groups excluding carboxylic acids is 4. The minimum absolute atomic E-state index is 0.114. The highest BCUT2D eigenvalue weighted by Crippen LogP contribution is 2.35. The molecule has 2 aromatic carbocycles. The molecule has 0 saturated carbocycles. The number of benzene rings is 2. The van der Waals surface area contributed by atoms with Crippen LogP contribution in [0.2, 0.25) is 0 Å². The summed E-state index contributed by atoms with van der Waals surface area (Å²) in [6.45, 7) is 8.76. The Hall–Kier alpha value is -5.73. The van der Waals surface area contributed by atoms with Crippen molar-refractivity contribution < 1.29 is 28.7 Å². The van der Waals surface area contributed by atoms with E-state index in [-0.39, 0.29) is 35.7 Å². The number of aromatic nitrogens is 3. The van der Waals surface area contributed by atoms with E-state index in [1.165, 1.54) is 14.2 Å². The van der Waals surface area contributed by atoms with Crippen LogP contribution in [0.25, 0.3) is 33.1 Å². The minimum atomic E-state index is -0.698. The number of rotatable bonds is 10. The maximum Gasteiger partial charge on any atom is 0.407 e. The quantitative estimate of drug-likeness (QED) is 0.169. The fourth-order valence-corrected chi connectivity index (χ4v) is 8.03. The van der Waals surface area contributed by atoms with Crippen molar-refractivity contribution in [2.75, 3.05) is 27.3 Å². The number of aliphatic imine (C=N–C) groups is 2. The van der Waals surface area contributed by atoms with Crippen molar-refractivity contribution in [3.63, 3.8) is 0 Å². The Labute approximate surface area is 319 Å². The van der Waals surface area contributed by atoms with Gasteiger partial charge < -0.3 is 39.9 Å². The molecule has 15 heteroatoms. The van der Waals surface area contributed by atoms with Crippen molar-refractivity contribution >= 4 is 57.7 Å². The fraction of sp³-hybridized carbons (Fsp3) is 0.475. The lowest BCUT2D eigenvalue weighted by molar-refractivity contribution is -0.136. The number of aromatic amines is 2. The number of alkyl carbamates (subject to hydrolysis) is 2. The van der Waals surface area contributed by atoms with Crippen LogP contribution in [-0.4, -0.2) is 112 Å². The molecule has 55 heavy (non-hydrogen) atoms. The first kappa shape index (κ1) is 37.6. The molecule has 4 N–H and O–H groups in total. The molecule has 2 unspecified atom stereocenters. The molecule has 3 aliphatic rings. The zero-order chi connectivity index (χ0) is 39.0. The molecule has 15 nitrogen and oxygen atoms in total. The molecular weight excluding hydrogens is 702 g/mol. The molecule has 0 radical (unpaired) electrons. The predicted molar refractivity (Wildman–Crippen MR) is 209 cm³/mol. The Morgan fingerprint density at radius 3 is 2.00 bits per heavy atom. The zero-order valence-corrected chi connectivity index (χ0v) is 32.1. The van der Waals surface area contributed by atoms with Gasteiger partial charge in [-0.15, -0.1) is 0 Å². The largest absolute Gasteiger partial charge is 0.453 e. The van der Waals surface area contributed by atoms with Crippen molar-refractivity contribution in [3.8, 4) is 11.3 Å². The molecule has 0 aliphatic carbocycles. The maximum atomic E-state index is 13.6. The smallest absolute Gasteiger partial charge is 0.407 e. The Morgan fingerprint density at radius 1 is 0.782 bits per heavy atom. The number of ether oxygens (including phenoxy) is 2. The average Bonchev–Trinajstić information content (AvgIpc) is 4.02. The maximum absolute atomic E-state index is 13.6. The Balaban J connectivity index is 1.08. The molecular formula is C40H49N9O6. The first-order chi connectivity index (χ1) is 26.5. The number of nitrogens with one attached hydrogen (secondary N) is 4. The van der Waals surface area contributed by atoms with Crippen molar-refractivity contribution in [2.24, 2.45) is 21.8 Å². The van der Waals surface area contributed by atoms with E-state index >= 15 is 0 Å². The van der Waals surface area contributed by atoms with Crippen LogP contribution in [-0.2, 0) is 19.1 Å². The Morgan fingerprint density at radius 2 is 1.36 bits per heavy atom. The van der Waals surface area contributed by atoms with Crippen molar-refractivity contribution in [1.29, 1.82) is 0 Å². The van der Waals surface area contributed by atoms with Crippen molar-refractivity contribution in [3.05, 3.63) is 54.0 Å². The van der Waals surface area contributed by atoms with E-state index in [0.717, 1.165) is 70.0 Å². The summed E-state index contributed by atoms with van der Waals surface area (Å²) in [6, 6.07) is 10.6. The minimum Gasteiger partial charge on any atom is -0.453 e. The standard InChI is InChI=1S/C40H49N9O6/c1-21(2)33(46-39(52)54-5)37(50)48-15-7-9-31(48)35-41-19-29(44-35)23-11-13-25-26-14-12-24(18-28(26)43-27(25)17-23)30-20-42-36(45-30)32-10-8-16-49(32)38(51)34(22(3)4)47-40(53)55-6/h11-14,17-22,31-35,43H,7-10,15-16H2,1-6H3,(H,42,45)(H,46,52)(H,47,53)/t31-,32?,33-,34-,35?/m0/s1. The lowest BCUT2D eigenvalue weighted by atomic mass is 10.0. The van der Waals surface area contributed by atoms with Crippen LogP contribution in [0.4, 0.5) is 9.59 Å². The lowest BCUT2D eigenvalue weighted by Crippen LogP contribution is -2.53. The summed E-state index contributed by atoms with van der Waals surface area (Å²) in [4.78, 5) is 76.2. The summed E-state index contributed by atoms with van der Waals surface area (Å²) in [5, 5.41) is 7.55. The highest BCUT2D eigenvalue weighted by molar-refractivity contribution is 6.39. The van der Waals surface area contributed by atoms with E-state index in [1.54, 1.807) is 17.3 Å². The number of H-pyrrole nitrogens is 2. The van der Waals surface area contributed by atoms with Crippen LogP contribution in [0.15, 0.2) is 52.6 Å². The summed E-state index contributed by atoms with van der Waals surface area (Å²) < 4.78 is 9.53. The number of methoxy groups -OCH3 is 2. The number of imidazole rings is 1. The van der Waals surface area contributed by atoms with Crippen molar-refractivity contribution in [1.82, 2.24) is 35.4 Å². The normalized spacial score (nSPS) is 20.7. The average molecular weight is 752 g/mol. The SMILES string of the molecule is COC(=O)N[C@H](C(=O)N1CCCC1c1ncc(-c2ccc3c(c2)[nH]c2cc(C4=NC([C@@H]5CCCN5C(=O)[C@@H](NC(=O)OC)C(C)C)N=C4)ccc23)[nH]1)C(C)C. The summed E-state index contributed by atoms with van der Waals surface area (Å²) in [6.07, 6.45) is 5.13. The number of carbonyl (C=O) groups is 4. The van der Waals surface area contributed by atoms with Crippen LogP contribution in [0.5, 0.6) is 0 Å². The monoisotopic (exact) mass is 751 g/mol. The van der Waals surface area contributed by atoms with E-state index in [4.69, 9.17) is 24.4 Å². The molecule has 7 rings (SSSR count). The molecule has 290 valence electrons. The summed E-state index contributed by atoms with van der Waals surface area (Å²) >= 11 is 0. The number of amides is 4. The van der Waals surface area contributed by atoms with Gasteiger partial charge >= 0.3 is 12.2 Å². The molecule has 3 aliphatic heterocycles. The highest BCUT2D eigenvalue weighted by atomic mass is 16.5. The van der Waals surface area contributed by atoms with Gasteiger partial charge in [-0.05, 0) is 49.7 Å². The van der Waals surface area contributed by atoms with E-state index in [0.29, 0.717) is 18.9 Å². The van der Waals surface area contributed by atoms with Crippen LogP contribution < -0.4 is 10.6 Å². The second-order valence-corrected chi connectivity index (χ2v) is 15.2. The van der Waals surface area contributed by atoms with Crippen LogP contribution in [0.3, 0.4) is 0 Å². The predicted octanol–water partition coefficient (Wildman–Crippen LogP) is 5.33. The van der Waals surface area contributed by atoms with Crippen LogP contribution >= 0.6 is 0 Å². The Bertz CT molecular complexity index is 2170. The number of hydrogen-bond donors (Lipinski definition) is 4. The molecule has 4 aromatic rings. The van der Waals surface area contributed by atoms with Gasteiger partial charge in [0.1, 0.15) is 17.9 Å². The van der Waals surface area contributed by atoms with Crippen molar-refractivity contribution in [2.45, 2.75) is 83.7 Å². The summed E-state index contributed by atoms with van der Waals surface area (Å²) in [5.41, 5.74) is 5.39. The number of likely N-dealkylation sites (tertiary alicyclic amines) is 2. The summed E-state index contributed by atoms with van der Waals surface area (Å²) in [5.74, 6) is 0.190. The molecule has 2 saturated heterocycles. The van der Waals surface area contributed by atoms with Crippen LogP contribution in [0, 0.1) is 11.8 Å². The zero-order valence-electron chi connectivity index (χ0n) is 32.1. The van der Waals surface area contributed by atoms with E-state index in [1.807, 2.05) is 38.7 Å². The fourth-order valence-electron chi connectivity index (χ4n) is 8.03. The molecule has 2 fully saturated rings. The van der Waals surface area contributed by atoms with E-state index in [9.17, 15) is 19.2 Å². The van der Waals surface area contributed by atoms with E-state index < -0.39 is 30.4 Å².